The molecule has 1 aliphatic carbocycles. The molecule has 2 nitrogen and oxygen atoms in total. The van der Waals surface area contributed by atoms with Gasteiger partial charge in [-0.1, -0.05) is 25.3 Å². The van der Waals surface area contributed by atoms with E-state index >= 15 is 0 Å². The molecule has 0 saturated heterocycles. The Kier molecular flexibility index (Phi) is 3.79. The zero-order valence-electron chi connectivity index (χ0n) is 12.3. The maximum atomic E-state index is 3.79. The van der Waals surface area contributed by atoms with Crippen LogP contribution < -0.4 is 10.2 Å². The average Bonchev–Trinajstić information content (AvgIpc) is 2.47. The Morgan fingerprint density at radius 1 is 1.11 bits per heavy atom. The van der Waals surface area contributed by atoms with E-state index in [2.05, 4.69) is 42.5 Å². The Bertz CT molecular complexity index is 433. The van der Waals surface area contributed by atoms with Crippen molar-refractivity contribution in [2.75, 3.05) is 25.5 Å². The molecule has 1 unspecified atom stereocenters. The van der Waals surface area contributed by atoms with E-state index in [9.17, 15) is 0 Å². The van der Waals surface area contributed by atoms with Crippen LogP contribution in [0.3, 0.4) is 0 Å². The highest BCUT2D eigenvalue weighted by atomic mass is 15.1. The molecule has 2 heteroatoms. The van der Waals surface area contributed by atoms with Crippen LogP contribution in [-0.2, 0) is 6.42 Å². The van der Waals surface area contributed by atoms with Crippen LogP contribution in [0.25, 0.3) is 0 Å². The van der Waals surface area contributed by atoms with Crippen LogP contribution in [0.2, 0.25) is 0 Å². The summed E-state index contributed by atoms with van der Waals surface area (Å²) in [6.07, 6.45) is 8.28. The lowest BCUT2D eigenvalue weighted by atomic mass is 9.78. The van der Waals surface area contributed by atoms with E-state index in [1.165, 1.54) is 44.2 Å². The summed E-state index contributed by atoms with van der Waals surface area (Å²) in [4.78, 5) is 2.22. The molecule has 0 bridgehead atoms. The van der Waals surface area contributed by atoms with E-state index in [4.69, 9.17) is 0 Å². The molecule has 19 heavy (non-hydrogen) atoms. The number of fused-ring (bicyclic) bond motifs is 1. The minimum absolute atomic E-state index is 0.601. The van der Waals surface area contributed by atoms with Gasteiger partial charge < -0.3 is 10.2 Å². The third-order valence-electron chi connectivity index (χ3n) is 4.86. The van der Waals surface area contributed by atoms with Crippen LogP contribution in [0.15, 0.2) is 18.2 Å². The Morgan fingerprint density at radius 3 is 2.63 bits per heavy atom. The predicted molar refractivity (Wildman–Crippen MR) is 81.8 cm³/mol. The smallest absolute Gasteiger partial charge is 0.0364 e. The SMILES string of the molecule is CN(C)c1ccc2c(c1)C(C1CCCCC1)NCC2. The molecule has 1 aliphatic heterocycles. The first-order valence-corrected chi connectivity index (χ1v) is 7.79. The maximum Gasteiger partial charge on any atom is 0.0364 e. The highest BCUT2D eigenvalue weighted by molar-refractivity contribution is 5.51. The quantitative estimate of drug-likeness (QED) is 0.873. The Balaban J connectivity index is 1.90. The van der Waals surface area contributed by atoms with Crippen molar-refractivity contribution in [3.05, 3.63) is 29.3 Å². The van der Waals surface area contributed by atoms with E-state index in [1.807, 2.05) is 0 Å². The average molecular weight is 258 g/mol. The molecule has 1 aromatic carbocycles. The van der Waals surface area contributed by atoms with Gasteiger partial charge in [0.1, 0.15) is 0 Å². The molecule has 1 N–H and O–H groups in total. The third kappa shape index (κ3) is 2.64. The van der Waals surface area contributed by atoms with Crippen LogP contribution in [0.4, 0.5) is 5.69 Å². The van der Waals surface area contributed by atoms with Crippen molar-refractivity contribution in [3.8, 4) is 0 Å². The zero-order chi connectivity index (χ0) is 13.2. The van der Waals surface area contributed by atoms with E-state index in [0.29, 0.717) is 6.04 Å². The van der Waals surface area contributed by atoms with Gasteiger partial charge in [0.25, 0.3) is 0 Å². The van der Waals surface area contributed by atoms with Gasteiger partial charge in [-0.05, 0) is 55.0 Å². The third-order valence-corrected chi connectivity index (χ3v) is 4.86. The van der Waals surface area contributed by atoms with Crippen molar-refractivity contribution >= 4 is 5.69 Å². The summed E-state index contributed by atoms with van der Waals surface area (Å²) in [6.45, 7) is 1.15. The second kappa shape index (κ2) is 5.54. The van der Waals surface area contributed by atoms with E-state index in [-0.39, 0.29) is 0 Å². The highest BCUT2D eigenvalue weighted by Gasteiger charge is 2.28. The summed E-state index contributed by atoms with van der Waals surface area (Å²) in [5.74, 6) is 0.852. The number of benzene rings is 1. The molecular formula is C17H26N2. The van der Waals surface area contributed by atoms with Gasteiger partial charge in [0, 0.05) is 25.8 Å². The van der Waals surface area contributed by atoms with E-state index in [0.717, 1.165) is 12.5 Å². The van der Waals surface area contributed by atoms with Gasteiger partial charge in [0.2, 0.25) is 0 Å². The summed E-state index contributed by atoms with van der Waals surface area (Å²) in [5.41, 5.74) is 4.48. The first-order valence-electron chi connectivity index (χ1n) is 7.79. The molecule has 1 aromatic rings. The molecule has 0 spiro atoms. The van der Waals surface area contributed by atoms with Crippen LogP contribution in [0.5, 0.6) is 0 Å². The number of nitrogens with one attached hydrogen (secondary N) is 1. The highest BCUT2D eigenvalue weighted by Crippen LogP contribution is 2.38. The van der Waals surface area contributed by atoms with Gasteiger partial charge in [-0.3, -0.25) is 0 Å². The molecule has 0 radical (unpaired) electrons. The first-order chi connectivity index (χ1) is 9.25. The molecule has 1 atom stereocenters. The van der Waals surface area contributed by atoms with E-state index in [1.54, 1.807) is 11.1 Å². The van der Waals surface area contributed by atoms with E-state index < -0.39 is 0 Å². The Morgan fingerprint density at radius 2 is 1.89 bits per heavy atom. The largest absolute Gasteiger partial charge is 0.378 e. The maximum absolute atomic E-state index is 3.79. The molecule has 1 heterocycles. The minimum Gasteiger partial charge on any atom is -0.378 e. The number of anilines is 1. The molecule has 1 fully saturated rings. The number of nitrogens with zero attached hydrogens (tertiary/aromatic N) is 1. The summed E-state index contributed by atoms with van der Waals surface area (Å²) in [5, 5.41) is 3.79. The summed E-state index contributed by atoms with van der Waals surface area (Å²) in [6, 6.07) is 7.63. The number of hydrogen-bond acceptors (Lipinski definition) is 2. The number of hydrogen-bond donors (Lipinski definition) is 1. The van der Waals surface area contributed by atoms with Gasteiger partial charge in [0.15, 0.2) is 0 Å². The van der Waals surface area contributed by atoms with Gasteiger partial charge >= 0.3 is 0 Å². The first kappa shape index (κ1) is 13.0. The van der Waals surface area contributed by atoms with Crippen LogP contribution in [-0.4, -0.2) is 20.6 Å². The molecule has 104 valence electrons. The zero-order valence-corrected chi connectivity index (χ0v) is 12.3. The Hall–Kier alpha value is -1.02. The lowest BCUT2D eigenvalue weighted by molar-refractivity contribution is 0.265. The topological polar surface area (TPSA) is 15.3 Å². The molecule has 0 amide bonds. The number of rotatable bonds is 2. The lowest BCUT2D eigenvalue weighted by Crippen LogP contribution is -2.35. The van der Waals surface area contributed by atoms with Crippen LogP contribution >= 0.6 is 0 Å². The van der Waals surface area contributed by atoms with Gasteiger partial charge in [-0.15, -0.1) is 0 Å². The second-order valence-corrected chi connectivity index (χ2v) is 6.36. The van der Waals surface area contributed by atoms with Crippen LogP contribution in [0.1, 0.15) is 49.3 Å². The summed E-state index contributed by atoms with van der Waals surface area (Å²) >= 11 is 0. The molecule has 0 aromatic heterocycles. The minimum atomic E-state index is 0.601. The fourth-order valence-corrected chi connectivity index (χ4v) is 3.74. The van der Waals surface area contributed by atoms with Gasteiger partial charge in [-0.25, -0.2) is 0 Å². The normalized spacial score (nSPS) is 24.0. The van der Waals surface area contributed by atoms with Crippen molar-refractivity contribution in [1.82, 2.24) is 5.32 Å². The lowest BCUT2D eigenvalue weighted by Gasteiger charge is -2.36. The predicted octanol–water partition coefficient (Wildman–Crippen LogP) is 3.52. The molecule has 3 rings (SSSR count). The van der Waals surface area contributed by atoms with Gasteiger partial charge in [0.05, 0.1) is 0 Å². The van der Waals surface area contributed by atoms with Crippen molar-refractivity contribution in [3.63, 3.8) is 0 Å². The molecule has 1 saturated carbocycles. The summed E-state index contributed by atoms with van der Waals surface area (Å²) < 4.78 is 0. The monoisotopic (exact) mass is 258 g/mol. The fraction of sp³-hybridized carbons (Fsp3) is 0.647. The van der Waals surface area contributed by atoms with Crippen molar-refractivity contribution in [2.45, 2.75) is 44.6 Å². The summed E-state index contributed by atoms with van der Waals surface area (Å²) in [7, 11) is 4.27. The van der Waals surface area contributed by atoms with Crippen molar-refractivity contribution in [1.29, 1.82) is 0 Å². The van der Waals surface area contributed by atoms with Crippen LogP contribution in [0, 0.1) is 5.92 Å². The van der Waals surface area contributed by atoms with Crippen molar-refractivity contribution in [2.24, 2.45) is 5.92 Å². The molecule has 2 aliphatic rings. The van der Waals surface area contributed by atoms with Crippen molar-refractivity contribution < 1.29 is 0 Å². The fourth-order valence-electron chi connectivity index (χ4n) is 3.74. The Labute approximate surface area is 117 Å². The second-order valence-electron chi connectivity index (χ2n) is 6.36. The standard InChI is InChI=1S/C17H26N2/c1-19(2)15-9-8-13-10-11-18-17(16(13)12-15)14-6-4-3-5-7-14/h8-9,12,14,17-18H,3-7,10-11H2,1-2H3. The molecular weight excluding hydrogens is 232 g/mol. The van der Waals surface area contributed by atoms with Gasteiger partial charge in [-0.2, -0.15) is 0 Å².